The summed E-state index contributed by atoms with van der Waals surface area (Å²) in [5.41, 5.74) is 3.20. The Balaban J connectivity index is 1.46. The second kappa shape index (κ2) is 11.0. The van der Waals surface area contributed by atoms with E-state index in [1.165, 1.54) is 4.90 Å². The second-order valence-corrected chi connectivity index (χ2v) is 9.12. The molecule has 2 aliphatic heterocycles. The van der Waals surface area contributed by atoms with E-state index in [4.69, 9.17) is 18.9 Å². The molecule has 2 heterocycles. The summed E-state index contributed by atoms with van der Waals surface area (Å²) >= 11 is 0. The molecule has 1 amide bonds. The van der Waals surface area contributed by atoms with Crippen molar-refractivity contribution in [1.29, 1.82) is 0 Å². The van der Waals surface area contributed by atoms with Gasteiger partial charge in [-0.2, -0.15) is 0 Å². The van der Waals surface area contributed by atoms with Gasteiger partial charge in [-0.25, -0.2) is 4.79 Å². The van der Waals surface area contributed by atoms with E-state index in [0.717, 1.165) is 16.7 Å². The molecule has 8 heteroatoms. The van der Waals surface area contributed by atoms with Gasteiger partial charge in [-0.3, -0.25) is 4.79 Å². The summed E-state index contributed by atoms with van der Waals surface area (Å²) in [6, 6.07) is 21.4. The molecular weight excluding hydrogens is 474 g/mol. The summed E-state index contributed by atoms with van der Waals surface area (Å²) in [5, 5.41) is 10.2. The first-order chi connectivity index (χ1) is 18.0. The first kappa shape index (κ1) is 24.8. The van der Waals surface area contributed by atoms with Crippen LogP contribution in [0.4, 0.5) is 0 Å². The third-order valence-corrected chi connectivity index (χ3v) is 6.71. The lowest BCUT2D eigenvalue weighted by Gasteiger charge is -2.38. The number of carboxylic acids is 1. The van der Waals surface area contributed by atoms with Crippen LogP contribution in [-0.2, 0) is 38.6 Å². The van der Waals surface area contributed by atoms with E-state index in [9.17, 15) is 14.7 Å². The second-order valence-electron chi connectivity index (χ2n) is 9.12. The number of amides is 1. The minimum absolute atomic E-state index is 0.0891. The maximum Gasteiger partial charge on any atom is 0.326 e. The van der Waals surface area contributed by atoms with Crippen molar-refractivity contribution in [3.63, 3.8) is 0 Å². The zero-order valence-electron chi connectivity index (χ0n) is 20.5. The number of carbonyl (C=O) groups is 2. The van der Waals surface area contributed by atoms with Crippen LogP contribution in [0.25, 0.3) is 0 Å². The van der Waals surface area contributed by atoms with Crippen molar-refractivity contribution in [2.45, 2.75) is 37.8 Å². The third-order valence-electron chi connectivity index (χ3n) is 6.71. The van der Waals surface area contributed by atoms with Crippen molar-refractivity contribution >= 4 is 11.9 Å². The molecule has 0 radical (unpaired) electrons. The van der Waals surface area contributed by atoms with Gasteiger partial charge in [-0.1, -0.05) is 66.7 Å². The molecule has 0 saturated carbocycles. The van der Waals surface area contributed by atoms with Crippen LogP contribution in [0, 0.1) is 0 Å². The fourth-order valence-corrected chi connectivity index (χ4v) is 4.66. The Morgan fingerprint density at radius 1 is 1.03 bits per heavy atom. The number of rotatable bonds is 9. The summed E-state index contributed by atoms with van der Waals surface area (Å²) in [4.78, 5) is 27.7. The van der Waals surface area contributed by atoms with Crippen LogP contribution in [0.3, 0.4) is 0 Å². The fraction of sp³-hybridized carbons (Fsp3) is 0.310. The minimum atomic E-state index is -1.09. The first-order valence-electron chi connectivity index (χ1n) is 12.2. The molecule has 1 fully saturated rings. The van der Waals surface area contributed by atoms with Gasteiger partial charge in [-0.05, 0) is 22.8 Å². The highest BCUT2D eigenvalue weighted by Gasteiger charge is 2.41. The zero-order valence-corrected chi connectivity index (χ0v) is 20.5. The normalized spacial score (nSPS) is 17.9. The van der Waals surface area contributed by atoms with Crippen molar-refractivity contribution in [3.05, 3.63) is 95.1 Å². The molecule has 8 nitrogen and oxygen atoms in total. The van der Waals surface area contributed by atoms with Gasteiger partial charge in [0.25, 0.3) is 5.91 Å². The highest BCUT2D eigenvalue weighted by Crippen LogP contribution is 2.40. The Labute approximate surface area is 215 Å². The van der Waals surface area contributed by atoms with E-state index >= 15 is 0 Å². The number of hydrogen-bond donors (Lipinski definition) is 1. The first-order valence-corrected chi connectivity index (χ1v) is 12.2. The van der Waals surface area contributed by atoms with Crippen LogP contribution in [0.1, 0.15) is 28.4 Å². The Morgan fingerprint density at radius 3 is 2.35 bits per heavy atom. The Kier molecular flexibility index (Phi) is 7.39. The molecule has 3 aromatic rings. The third kappa shape index (κ3) is 5.30. The lowest BCUT2D eigenvalue weighted by atomic mass is 9.91. The van der Waals surface area contributed by atoms with E-state index in [1.54, 1.807) is 13.2 Å². The predicted molar refractivity (Wildman–Crippen MR) is 134 cm³/mol. The molecule has 2 aliphatic rings. The predicted octanol–water partition coefficient (Wildman–Crippen LogP) is 3.77. The molecule has 37 heavy (non-hydrogen) atoms. The van der Waals surface area contributed by atoms with Crippen LogP contribution in [0.5, 0.6) is 11.5 Å². The molecule has 0 aliphatic carbocycles. The quantitative estimate of drug-likeness (QED) is 0.475. The van der Waals surface area contributed by atoms with Crippen molar-refractivity contribution in [3.8, 4) is 11.5 Å². The molecule has 1 saturated heterocycles. The average molecular weight is 504 g/mol. The largest absolute Gasteiger partial charge is 0.493 e. The monoisotopic (exact) mass is 503 g/mol. The van der Waals surface area contributed by atoms with Gasteiger partial charge in [0.05, 0.1) is 20.3 Å². The van der Waals surface area contributed by atoms with Gasteiger partial charge in [-0.15, -0.1) is 0 Å². The Morgan fingerprint density at radius 2 is 1.73 bits per heavy atom. The smallest absolute Gasteiger partial charge is 0.326 e. The van der Waals surface area contributed by atoms with Gasteiger partial charge in [0, 0.05) is 18.5 Å². The number of nitrogens with zero attached hydrogens (tertiary/aromatic N) is 1. The topological polar surface area (TPSA) is 94.5 Å². The molecule has 1 N–H and O–H groups in total. The van der Waals surface area contributed by atoms with Crippen LogP contribution >= 0.6 is 0 Å². The summed E-state index contributed by atoms with van der Waals surface area (Å²) in [6.45, 7) is 1.24. The molecular formula is C29H29NO7. The number of ether oxygens (including phenoxy) is 4. The molecule has 2 atom stereocenters. The molecule has 5 rings (SSSR count). The molecule has 0 aromatic heterocycles. The van der Waals surface area contributed by atoms with Gasteiger partial charge in [0.2, 0.25) is 0 Å². The molecule has 192 valence electrons. The summed E-state index contributed by atoms with van der Waals surface area (Å²) in [7, 11) is 1.55. The maximum atomic E-state index is 13.9. The number of fused-ring (bicyclic) bond motifs is 1. The van der Waals surface area contributed by atoms with Crippen molar-refractivity contribution in [2.24, 2.45) is 0 Å². The van der Waals surface area contributed by atoms with E-state index < -0.39 is 24.0 Å². The molecule has 0 bridgehead atoms. The van der Waals surface area contributed by atoms with Crippen molar-refractivity contribution < 1.29 is 33.6 Å². The van der Waals surface area contributed by atoms with Crippen molar-refractivity contribution in [1.82, 2.24) is 4.90 Å². The van der Waals surface area contributed by atoms with Gasteiger partial charge in [0.1, 0.15) is 18.8 Å². The van der Waals surface area contributed by atoms with E-state index in [1.807, 2.05) is 66.7 Å². The lowest BCUT2D eigenvalue weighted by Crippen LogP contribution is -2.51. The average Bonchev–Trinajstić information content (AvgIpc) is 2.91. The number of aliphatic carboxylic acids is 1. The number of methoxy groups -OCH3 is 1. The summed E-state index contributed by atoms with van der Waals surface area (Å²) in [5.74, 6) is -0.452. The molecule has 0 spiro atoms. The number of hydrogen-bond acceptors (Lipinski definition) is 6. The number of carbonyl (C=O) groups excluding carboxylic acids is 1. The minimum Gasteiger partial charge on any atom is -0.493 e. The van der Waals surface area contributed by atoms with Gasteiger partial charge in [0.15, 0.2) is 17.6 Å². The van der Waals surface area contributed by atoms with Crippen LogP contribution in [0.2, 0.25) is 0 Å². The summed E-state index contributed by atoms with van der Waals surface area (Å²) in [6.07, 6.45) is -1.05. The zero-order chi connectivity index (χ0) is 25.8. The van der Waals surface area contributed by atoms with Gasteiger partial charge < -0.3 is 29.0 Å². The lowest BCUT2D eigenvalue weighted by molar-refractivity contribution is -0.180. The van der Waals surface area contributed by atoms with E-state index in [-0.39, 0.29) is 19.1 Å². The highest BCUT2D eigenvalue weighted by molar-refractivity contribution is 5.88. The highest BCUT2D eigenvalue weighted by atomic mass is 16.6. The summed E-state index contributed by atoms with van der Waals surface area (Å²) < 4.78 is 23.0. The molecule has 0 unspecified atom stereocenters. The van der Waals surface area contributed by atoms with Crippen LogP contribution < -0.4 is 9.47 Å². The van der Waals surface area contributed by atoms with E-state index in [0.29, 0.717) is 36.9 Å². The molecule has 3 aromatic carbocycles. The van der Waals surface area contributed by atoms with Crippen LogP contribution in [-0.4, -0.2) is 54.4 Å². The van der Waals surface area contributed by atoms with Gasteiger partial charge >= 0.3 is 5.97 Å². The standard InChI is InChI=1S/C29H29NO7/c1-34-25-13-12-21-15-30(28(31)26(37-22-17-35-18-22)20-10-6-3-7-11-20)24(29(32)33)14-23(21)27(25)36-16-19-8-4-2-5-9-19/h2-13,22,24,26H,14-18H2,1H3,(H,32,33)/t24-,26+/m1/s1. The van der Waals surface area contributed by atoms with Crippen molar-refractivity contribution in [2.75, 3.05) is 20.3 Å². The van der Waals surface area contributed by atoms with E-state index in [2.05, 4.69) is 0 Å². The fourth-order valence-electron chi connectivity index (χ4n) is 4.66. The Bertz CT molecular complexity index is 1240. The SMILES string of the molecule is COc1ccc2c(c1OCc1ccccc1)C[C@H](C(=O)O)N(C(=O)[C@@H](OC1COC1)c1ccccc1)C2. The van der Waals surface area contributed by atoms with Crippen LogP contribution in [0.15, 0.2) is 72.8 Å². The number of carboxylic acid groups (broad SMARTS) is 1. The number of benzene rings is 3. The Hall–Kier alpha value is -3.88. The maximum absolute atomic E-state index is 13.9.